The van der Waals surface area contributed by atoms with Gasteiger partial charge < -0.3 is 16.6 Å². The molecule has 0 atom stereocenters. The van der Waals surface area contributed by atoms with Gasteiger partial charge in [-0.15, -0.1) is 12.4 Å². The lowest BCUT2D eigenvalue weighted by molar-refractivity contribution is -0.192. The molecule has 0 aromatic carbocycles. The first-order valence-corrected chi connectivity index (χ1v) is 2.07. The van der Waals surface area contributed by atoms with Crippen molar-refractivity contribution in [3.63, 3.8) is 0 Å². The lowest BCUT2D eigenvalue weighted by atomic mass is 10.7. The molecule has 6 N–H and O–H groups in total. The molecule has 0 aromatic heterocycles. The summed E-state index contributed by atoms with van der Waals surface area (Å²) in [5.41, 5.74) is 8.94. The molecule has 0 aliphatic heterocycles. The normalized spacial score (nSPS) is 8.58. The minimum absolute atomic E-state index is 0. The summed E-state index contributed by atoms with van der Waals surface area (Å²) in [5.74, 6) is -3.09. The van der Waals surface area contributed by atoms with Gasteiger partial charge in [-0.25, -0.2) is 4.79 Å². The summed E-state index contributed by atoms with van der Waals surface area (Å²) in [6.45, 7) is 0. The van der Waals surface area contributed by atoms with Crippen LogP contribution in [-0.2, 0) is 4.79 Å². The van der Waals surface area contributed by atoms with Crippen molar-refractivity contribution in [2.45, 2.75) is 6.18 Å². The SMILES string of the molecule is Cl.N=C(N)N.O=C(O)C(F)(F)F. The highest BCUT2D eigenvalue weighted by molar-refractivity contribution is 5.85. The van der Waals surface area contributed by atoms with Crippen molar-refractivity contribution in [2.24, 2.45) is 11.5 Å². The van der Waals surface area contributed by atoms with Crippen molar-refractivity contribution in [2.75, 3.05) is 0 Å². The maximum atomic E-state index is 10.6. The first-order chi connectivity index (χ1) is 4.68. The summed E-state index contributed by atoms with van der Waals surface area (Å²) >= 11 is 0. The van der Waals surface area contributed by atoms with E-state index in [2.05, 4.69) is 11.5 Å². The number of nitrogens with two attached hydrogens (primary N) is 2. The predicted octanol–water partition coefficient (Wildman–Crippen LogP) is -0.106. The Hall–Kier alpha value is -1.18. The summed E-state index contributed by atoms with van der Waals surface area (Å²) in [6, 6.07) is 0. The van der Waals surface area contributed by atoms with Gasteiger partial charge >= 0.3 is 12.1 Å². The van der Waals surface area contributed by atoms with Crippen molar-refractivity contribution in [3.05, 3.63) is 0 Å². The number of hydrogen-bond acceptors (Lipinski definition) is 2. The molecule has 0 saturated heterocycles. The van der Waals surface area contributed by atoms with Crippen LogP contribution in [0.3, 0.4) is 0 Å². The number of carbonyl (C=O) groups is 1. The molecule has 0 amide bonds. The van der Waals surface area contributed by atoms with Crippen LogP contribution in [0.1, 0.15) is 0 Å². The standard InChI is InChI=1S/C2HF3O2.CH5N3.ClH/c3-2(4,5)1(6)7;2-1(3)4;/h(H,6,7);(H5,2,3,4);1H. The third kappa shape index (κ3) is 23.2. The molecule has 0 spiro atoms. The Balaban J connectivity index is -0.000000142. The summed E-state index contributed by atoms with van der Waals surface area (Å²) in [6.07, 6.45) is -5.08. The fourth-order valence-corrected chi connectivity index (χ4v) is 0. The summed E-state index contributed by atoms with van der Waals surface area (Å²) in [7, 11) is 0. The van der Waals surface area contributed by atoms with Gasteiger partial charge in [-0.3, -0.25) is 5.41 Å². The molecule has 5 nitrogen and oxygen atoms in total. The van der Waals surface area contributed by atoms with E-state index in [0.717, 1.165) is 0 Å². The quantitative estimate of drug-likeness (QED) is 0.329. The second-order valence-corrected chi connectivity index (χ2v) is 1.26. The van der Waals surface area contributed by atoms with Crippen LogP contribution in [0, 0.1) is 5.41 Å². The molecule has 0 unspecified atom stereocenters. The van der Waals surface area contributed by atoms with Crippen molar-refractivity contribution < 1.29 is 23.1 Å². The van der Waals surface area contributed by atoms with Crippen LogP contribution >= 0.6 is 12.4 Å². The van der Waals surface area contributed by atoms with Crippen LogP contribution in [0.15, 0.2) is 0 Å². The lowest BCUT2D eigenvalue weighted by Crippen LogP contribution is -2.21. The molecule has 0 aromatic rings. The van der Waals surface area contributed by atoms with Crippen LogP contribution in [0.25, 0.3) is 0 Å². The molecule has 0 fully saturated rings. The van der Waals surface area contributed by atoms with Crippen molar-refractivity contribution in [3.8, 4) is 0 Å². The Kier molecular flexibility index (Phi) is 9.28. The highest BCUT2D eigenvalue weighted by Crippen LogP contribution is 2.13. The molecule has 74 valence electrons. The van der Waals surface area contributed by atoms with Crippen molar-refractivity contribution >= 4 is 24.3 Å². The fraction of sp³-hybridized carbons (Fsp3) is 0.333. The first kappa shape index (κ1) is 17.1. The number of aliphatic carboxylic acids is 1. The highest BCUT2D eigenvalue weighted by Gasteiger charge is 2.38. The monoisotopic (exact) mass is 209 g/mol. The van der Waals surface area contributed by atoms with Gasteiger partial charge in [0, 0.05) is 0 Å². The Morgan fingerprint density at radius 3 is 1.42 bits per heavy atom. The Bertz CT molecular complexity index is 155. The second kappa shape index (κ2) is 6.53. The van der Waals surface area contributed by atoms with Crippen molar-refractivity contribution in [1.29, 1.82) is 5.41 Å². The molecule has 0 saturated carbocycles. The molecule has 0 aliphatic carbocycles. The number of carboxylic acids is 1. The third-order valence-electron chi connectivity index (χ3n) is 0.243. The Labute approximate surface area is 71.4 Å². The number of hydrogen-bond donors (Lipinski definition) is 4. The number of guanidine groups is 1. The molecule has 0 rings (SSSR count). The molecular formula is C3H7ClF3N3O2. The average molecular weight is 210 g/mol. The molecule has 0 heterocycles. The van der Waals surface area contributed by atoms with Gasteiger partial charge in [-0.1, -0.05) is 0 Å². The van der Waals surface area contributed by atoms with E-state index >= 15 is 0 Å². The zero-order valence-corrected chi connectivity index (χ0v) is 6.37. The van der Waals surface area contributed by atoms with Gasteiger partial charge in [0.15, 0.2) is 5.96 Å². The summed E-state index contributed by atoms with van der Waals surface area (Å²) in [4.78, 5) is 8.90. The van der Waals surface area contributed by atoms with E-state index < -0.39 is 12.1 Å². The maximum absolute atomic E-state index is 10.6. The largest absolute Gasteiger partial charge is 0.490 e. The Morgan fingerprint density at radius 1 is 1.33 bits per heavy atom. The molecule has 0 bridgehead atoms. The minimum atomic E-state index is -5.08. The third-order valence-corrected chi connectivity index (χ3v) is 0.243. The fourth-order valence-electron chi connectivity index (χ4n) is 0. The minimum Gasteiger partial charge on any atom is -0.475 e. The van der Waals surface area contributed by atoms with Gasteiger partial charge in [0.05, 0.1) is 0 Å². The highest BCUT2D eigenvalue weighted by atomic mass is 35.5. The summed E-state index contributed by atoms with van der Waals surface area (Å²) in [5, 5.41) is 13.2. The number of rotatable bonds is 0. The molecular weight excluding hydrogens is 202 g/mol. The zero-order chi connectivity index (χ0) is 9.65. The molecule has 12 heavy (non-hydrogen) atoms. The van der Waals surface area contributed by atoms with Gasteiger partial charge in [0.25, 0.3) is 0 Å². The van der Waals surface area contributed by atoms with Crippen LogP contribution < -0.4 is 11.5 Å². The number of nitrogens with one attached hydrogen (secondary N) is 1. The maximum Gasteiger partial charge on any atom is 0.490 e. The van der Waals surface area contributed by atoms with E-state index in [-0.39, 0.29) is 18.4 Å². The Morgan fingerprint density at radius 2 is 1.42 bits per heavy atom. The average Bonchev–Trinajstić information content (AvgIpc) is 1.59. The molecule has 9 heteroatoms. The van der Waals surface area contributed by atoms with Gasteiger partial charge in [-0.05, 0) is 0 Å². The van der Waals surface area contributed by atoms with Crippen LogP contribution in [0.4, 0.5) is 13.2 Å². The zero-order valence-electron chi connectivity index (χ0n) is 5.55. The lowest BCUT2D eigenvalue weighted by Gasteiger charge is -1.93. The molecule has 0 aliphatic rings. The second-order valence-electron chi connectivity index (χ2n) is 1.26. The van der Waals surface area contributed by atoms with E-state index in [1.165, 1.54) is 0 Å². The van der Waals surface area contributed by atoms with Crippen LogP contribution in [0.5, 0.6) is 0 Å². The van der Waals surface area contributed by atoms with E-state index in [4.69, 9.17) is 15.3 Å². The van der Waals surface area contributed by atoms with E-state index in [1.807, 2.05) is 0 Å². The number of halogens is 4. The van der Waals surface area contributed by atoms with E-state index in [1.54, 1.807) is 0 Å². The van der Waals surface area contributed by atoms with Gasteiger partial charge in [0.1, 0.15) is 0 Å². The summed E-state index contributed by atoms with van der Waals surface area (Å²) < 4.78 is 31.7. The first-order valence-electron chi connectivity index (χ1n) is 2.07. The van der Waals surface area contributed by atoms with E-state index in [0.29, 0.717) is 0 Å². The number of carboxylic acid groups (broad SMARTS) is 1. The van der Waals surface area contributed by atoms with Crippen molar-refractivity contribution in [1.82, 2.24) is 0 Å². The topological polar surface area (TPSA) is 113 Å². The van der Waals surface area contributed by atoms with E-state index in [9.17, 15) is 13.2 Å². The van der Waals surface area contributed by atoms with Gasteiger partial charge in [-0.2, -0.15) is 13.2 Å². The van der Waals surface area contributed by atoms with Gasteiger partial charge in [0.2, 0.25) is 0 Å². The number of alkyl halides is 3. The smallest absolute Gasteiger partial charge is 0.475 e. The molecule has 0 radical (unpaired) electrons. The van der Waals surface area contributed by atoms with Crippen LogP contribution in [-0.4, -0.2) is 23.2 Å². The van der Waals surface area contributed by atoms with Crippen LogP contribution in [0.2, 0.25) is 0 Å². The predicted molar refractivity (Wildman–Crippen MR) is 37.0 cm³/mol.